The van der Waals surface area contributed by atoms with Gasteiger partial charge in [0.1, 0.15) is 5.78 Å². The number of ketones is 1. The van der Waals surface area contributed by atoms with Gasteiger partial charge in [-0.3, -0.25) is 4.79 Å². The molecular weight excluding hydrogens is 383 g/mol. The van der Waals surface area contributed by atoms with Crippen molar-refractivity contribution in [3.63, 3.8) is 0 Å². The zero-order valence-corrected chi connectivity index (χ0v) is 20.4. The lowest BCUT2D eigenvalue weighted by Crippen LogP contribution is -2.59. The van der Waals surface area contributed by atoms with Crippen molar-refractivity contribution in [3.05, 3.63) is 0 Å². The number of Topliss-reactive ketones (excluding diaryl/α,β-unsaturated/α-hetero) is 1. The average molecular weight is 428 g/mol. The van der Waals surface area contributed by atoms with Gasteiger partial charge in [-0.05, 0) is 104 Å². The molecule has 174 valence electrons. The van der Waals surface area contributed by atoms with E-state index in [1.54, 1.807) is 0 Å². The fraction of sp³-hybridized carbons (Fsp3) is 0.963. The highest BCUT2D eigenvalue weighted by molar-refractivity contribution is 6.25. The van der Waals surface area contributed by atoms with E-state index in [4.69, 9.17) is 7.85 Å². The SMILES string of the molecule is [B]C1C(=O)[C@H]2C[C@@H](O)CC[C@]2(C)C2CC[C@@]3(C)C(CCC3[C@H](C)CCCC(C)CO)C12. The number of hydrogen-bond donors (Lipinski definition) is 2. The van der Waals surface area contributed by atoms with Crippen molar-refractivity contribution in [2.75, 3.05) is 6.61 Å². The minimum atomic E-state index is -0.336. The van der Waals surface area contributed by atoms with Crippen molar-refractivity contribution in [2.45, 2.75) is 104 Å². The van der Waals surface area contributed by atoms with E-state index in [-0.39, 0.29) is 29.0 Å². The van der Waals surface area contributed by atoms with Crippen LogP contribution >= 0.6 is 0 Å². The number of carbonyl (C=O) groups excluding carboxylic acids is 1. The maximum atomic E-state index is 13.5. The summed E-state index contributed by atoms with van der Waals surface area (Å²) >= 11 is 0. The van der Waals surface area contributed by atoms with Crippen LogP contribution in [0.15, 0.2) is 0 Å². The summed E-state index contributed by atoms with van der Waals surface area (Å²) in [6.45, 7) is 9.75. The molecule has 4 aliphatic rings. The number of aliphatic hydroxyl groups is 2. The van der Waals surface area contributed by atoms with Gasteiger partial charge in [0, 0.05) is 12.5 Å². The monoisotopic (exact) mass is 428 g/mol. The fourth-order valence-corrected chi connectivity index (χ4v) is 9.14. The third kappa shape index (κ3) is 3.86. The normalized spacial score (nSPS) is 49.1. The Hall–Kier alpha value is -0.345. The fourth-order valence-electron chi connectivity index (χ4n) is 9.14. The lowest BCUT2D eigenvalue weighted by atomic mass is 9.39. The van der Waals surface area contributed by atoms with Gasteiger partial charge < -0.3 is 10.2 Å². The van der Waals surface area contributed by atoms with Gasteiger partial charge in [0.25, 0.3) is 0 Å². The number of rotatable bonds is 6. The topological polar surface area (TPSA) is 57.5 Å². The number of carbonyl (C=O) groups is 1. The first-order valence-corrected chi connectivity index (χ1v) is 13.2. The summed E-state index contributed by atoms with van der Waals surface area (Å²) in [6.07, 6.45) is 10.6. The highest BCUT2D eigenvalue weighted by atomic mass is 16.3. The minimum Gasteiger partial charge on any atom is -0.396 e. The summed E-state index contributed by atoms with van der Waals surface area (Å²) in [7, 11) is 6.75. The molecule has 4 fully saturated rings. The number of aliphatic hydroxyl groups excluding tert-OH is 2. The quantitative estimate of drug-likeness (QED) is 0.573. The molecule has 4 aliphatic carbocycles. The third-order valence-corrected chi connectivity index (χ3v) is 11.0. The minimum absolute atomic E-state index is 0.0301. The maximum absolute atomic E-state index is 13.5. The summed E-state index contributed by atoms with van der Waals surface area (Å²) in [5, 5.41) is 19.6. The summed E-state index contributed by atoms with van der Waals surface area (Å²) in [5.74, 6) is 3.14. The standard InChI is InChI=1S/C27H45BO3/c1-16(15-29)6-5-7-17(2)19-8-9-20-23-21(11-13-26(19,20)3)27(4)12-10-18(30)14-22(27)25(31)24(23)28/h16-24,29-30H,5-15H2,1-4H3/t16?,17-,18+,19?,20?,21?,22-,23?,24?,26-,27-/m1/s1. The Morgan fingerprint density at radius 3 is 2.42 bits per heavy atom. The molecular formula is C27H45BO3. The largest absolute Gasteiger partial charge is 0.396 e. The van der Waals surface area contributed by atoms with Crippen LogP contribution in [0.1, 0.15) is 91.9 Å². The molecule has 11 atom stereocenters. The van der Waals surface area contributed by atoms with E-state index in [9.17, 15) is 15.0 Å². The Labute approximate surface area is 191 Å². The van der Waals surface area contributed by atoms with E-state index in [0.29, 0.717) is 48.0 Å². The van der Waals surface area contributed by atoms with Gasteiger partial charge >= 0.3 is 0 Å². The molecule has 0 heterocycles. The van der Waals surface area contributed by atoms with E-state index in [1.807, 2.05) is 0 Å². The maximum Gasteiger partial charge on any atom is 0.131 e. The van der Waals surface area contributed by atoms with Crippen LogP contribution in [0.5, 0.6) is 0 Å². The molecule has 6 unspecified atom stereocenters. The molecule has 4 heteroatoms. The molecule has 31 heavy (non-hydrogen) atoms. The van der Waals surface area contributed by atoms with Gasteiger partial charge in [-0.25, -0.2) is 0 Å². The summed E-state index contributed by atoms with van der Waals surface area (Å²) in [4.78, 5) is 13.5. The zero-order chi connectivity index (χ0) is 22.6. The first-order chi connectivity index (χ1) is 14.6. The Balaban J connectivity index is 1.52. The van der Waals surface area contributed by atoms with Crippen molar-refractivity contribution in [3.8, 4) is 0 Å². The van der Waals surface area contributed by atoms with Gasteiger partial charge in [-0.15, -0.1) is 0 Å². The van der Waals surface area contributed by atoms with E-state index < -0.39 is 0 Å². The molecule has 2 radical (unpaired) electrons. The van der Waals surface area contributed by atoms with Gasteiger partial charge in [-0.1, -0.05) is 40.5 Å². The van der Waals surface area contributed by atoms with Crippen LogP contribution in [-0.2, 0) is 4.79 Å². The lowest BCUT2D eigenvalue weighted by molar-refractivity contribution is -0.159. The van der Waals surface area contributed by atoms with Crippen molar-refractivity contribution >= 4 is 13.6 Å². The van der Waals surface area contributed by atoms with E-state index in [2.05, 4.69) is 27.7 Å². The molecule has 0 aliphatic heterocycles. The van der Waals surface area contributed by atoms with Crippen molar-refractivity contribution in [2.24, 2.45) is 52.3 Å². The van der Waals surface area contributed by atoms with Crippen LogP contribution in [0.2, 0.25) is 5.82 Å². The molecule has 0 aromatic heterocycles. The van der Waals surface area contributed by atoms with Gasteiger partial charge in [0.05, 0.1) is 14.0 Å². The molecule has 2 N–H and O–H groups in total. The Kier molecular flexibility index (Phi) is 6.74. The molecule has 3 nitrogen and oxygen atoms in total. The summed E-state index contributed by atoms with van der Waals surface area (Å²) in [6, 6.07) is 0. The van der Waals surface area contributed by atoms with E-state index in [1.165, 1.54) is 38.5 Å². The van der Waals surface area contributed by atoms with Crippen molar-refractivity contribution in [1.82, 2.24) is 0 Å². The van der Waals surface area contributed by atoms with Crippen LogP contribution in [0.25, 0.3) is 0 Å². The molecule has 4 rings (SSSR count). The van der Waals surface area contributed by atoms with Crippen molar-refractivity contribution in [1.29, 1.82) is 0 Å². The van der Waals surface area contributed by atoms with Crippen LogP contribution in [0, 0.1) is 52.3 Å². The summed E-state index contributed by atoms with van der Waals surface area (Å²) in [5.41, 5.74) is 0.334. The predicted molar refractivity (Wildman–Crippen MR) is 126 cm³/mol. The second kappa shape index (κ2) is 8.78. The van der Waals surface area contributed by atoms with Crippen LogP contribution < -0.4 is 0 Å². The highest BCUT2D eigenvalue weighted by Gasteiger charge is 2.64. The Morgan fingerprint density at radius 1 is 1.03 bits per heavy atom. The molecule has 0 saturated heterocycles. The second-order valence-corrected chi connectivity index (χ2v) is 12.6. The van der Waals surface area contributed by atoms with E-state index >= 15 is 0 Å². The van der Waals surface area contributed by atoms with Crippen LogP contribution in [0.3, 0.4) is 0 Å². The number of fused-ring (bicyclic) bond motifs is 5. The Bertz CT molecular complexity index is 667. The first-order valence-electron chi connectivity index (χ1n) is 13.2. The molecule has 4 saturated carbocycles. The molecule has 0 aromatic rings. The molecule has 0 aromatic carbocycles. The third-order valence-electron chi connectivity index (χ3n) is 11.0. The van der Waals surface area contributed by atoms with Gasteiger partial charge in [0.2, 0.25) is 0 Å². The molecule has 0 bridgehead atoms. The average Bonchev–Trinajstić information content (AvgIpc) is 3.10. The lowest BCUT2D eigenvalue weighted by Gasteiger charge is -2.62. The van der Waals surface area contributed by atoms with Crippen LogP contribution in [0.4, 0.5) is 0 Å². The first kappa shape index (κ1) is 23.8. The van der Waals surface area contributed by atoms with E-state index in [0.717, 1.165) is 25.2 Å². The van der Waals surface area contributed by atoms with Crippen molar-refractivity contribution < 1.29 is 15.0 Å². The highest BCUT2D eigenvalue weighted by Crippen LogP contribution is 2.69. The Morgan fingerprint density at radius 2 is 1.71 bits per heavy atom. The van der Waals surface area contributed by atoms with Gasteiger partial charge in [0.15, 0.2) is 0 Å². The smallest absolute Gasteiger partial charge is 0.131 e. The van der Waals surface area contributed by atoms with Crippen LogP contribution in [-0.4, -0.2) is 36.6 Å². The molecule has 0 amide bonds. The van der Waals surface area contributed by atoms with Gasteiger partial charge in [-0.2, -0.15) is 0 Å². The second-order valence-electron chi connectivity index (χ2n) is 12.6. The zero-order valence-electron chi connectivity index (χ0n) is 20.4. The predicted octanol–water partition coefficient (Wildman–Crippen LogP) is 5.19. The summed E-state index contributed by atoms with van der Waals surface area (Å²) < 4.78 is 0. The molecule has 0 spiro atoms. The number of hydrogen-bond acceptors (Lipinski definition) is 3.